The number of carbonyl (C=O) groups is 1. The summed E-state index contributed by atoms with van der Waals surface area (Å²) >= 11 is 0. The van der Waals surface area contributed by atoms with E-state index >= 15 is 0 Å². The Morgan fingerprint density at radius 1 is 1.26 bits per heavy atom. The van der Waals surface area contributed by atoms with E-state index in [2.05, 4.69) is 15.4 Å². The van der Waals surface area contributed by atoms with Gasteiger partial charge in [0.25, 0.3) is 0 Å². The minimum absolute atomic E-state index is 0.224. The fraction of sp³-hybridized carbons (Fsp3) is 0.562. The molecule has 0 unspecified atom stereocenters. The van der Waals surface area contributed by atoms with Crippen molar-refractivity contribution >= 4 is 21.7 Å². The molecule has 1 saturated carbocycles. The van der Waals surface area contributed by atoms with Gasteiger partial charge in [0.1, 0.15) is 0 Å². The van der Waals surface area contributed by atoms with E-state index in [-0.39, 0.29) is 12.1 Å². The van der Waals surface area contributed by atoms with Gasteiger partial charge >= 0.3 is 6.03 Å². The molecule has 1 atom stereocenters. The number of para-hydroxylation sites is 1. The predicted molar refractivity (Wildman–Crippen MR) is 91.8 cm³/mol. The molecule has 0 bridgehead atoms. The summed E-state index contributed by atoms with van der Waals surface area (Å²) in [6.45, 7) is 2.53. The molecule has 2 amide bonds. The molecule has 3 N–H and O–H groups in total. The second kappa shape index (κ2) is 7.68. The molecule has 1 aromatic rings. The topological polar surface area (TPSA) is 87.3 Å². The van der Waals surface area contributed by atoms with Gasteiger partial charge in [-0.1, -0.05) is 31.0 Å². The van der Waals surface area contributed by atoms with E-state index in [1.807, 2.05) is 13.0 Å². The monoisotopic (exact) mass is 339 g/mol. The first-order chi connectivity index (χ1) is 10.8. The van der Waals surface area contributed by atoms with E-state index in [1.165, 1.54) is 25.7 Å². The van der Waals surface area contributed by atoms with Gasteiger partial charge in [0, 0.05) is 6.54 Å². The number of urea groups is 1. The number of nitrogens with one attached hydrogen (secondary N) is 3. The number of amides is 2. The molecular weight excluding hydrogens is 314 g/mol. The first kappa shape index (κ1) is 17.6. The van der Waals surface area contributed by atoms with Crippen LogP contribution in [0.4, 0.5) is 10.5 Å². The maximum absolute atomic E-state index is 12.0. The summed E-state index contributed by atoms with van der Waals surface area (Å²) in [6, 6.07) is 6.53. The van der Waals surface area contributed by atoms with Crippen molar-refractivity contribution in [2.24, 2.45) is 5.92 Å². The van der Waals surface area contributed by atoms with E-state index in [0.717, 1.165) is 11.8 Å². The van der Waals surface area contributed by atoms with E-state index in [1.54, 1.807) is 18.2 Å². The van der Waals surface area contributed by atoms with Crippen LogP contribution in [0.1, 0.15) is 44.2 Å². The van der Waals surface area contributed by atoms with Crippen molar-refractivity contribution in [3.05, 3.63) is 29.8 Å². The third-order valence-corrected chi connectivity index (χ3v) is 4.69. The van der Waals surface area contributed by atoms with Crippen molar-refractivity contribution < 1.29 is 13.2 Å². The fourth-order valence-electron chi connectivity index (χ4n) is 2.94. The molecule has 1 aromatic carbocycles. The standard InChI is InChI=1S/C16H25N3O3S/c1-12(18-16(20)17-11-13-7-3-4-8-13)14-9-5-6-10-15(14)19-23(2,21)22/h5-6,9-10,12-13,19H,3-4,7-8,11H2,1-2H3,(H2,17,18,20)/t12-/m0/s1. The quantitative estimate of drug-likeness (QED) is 0.744. The number of rotatable bonds is 6. The van der Waals surface area contributed by atoms with Crippen LogP contribution >= 0.6 is 0 Å². The number of anilines is 1. The predicted octanol–water partition coefficient (Wildman–Crippen LogP) is 2.61. The highest BCUT2D eigenvalue weighted by Gasteiger charge is 2.18. The van der Waals surface area contributed by atoms with Crippen LogP contribution in [0.3, 0.4) is 0 Å². The number of hydrogen-bond donors (Lipinski definition) is 3. The highest BCUT2D eigenvalue weighted by Crippen LogP contribution is 2.24. The van der Waals surface area contributed by atoms with Crippen molar-refractivity contribution in [2.45, 2.75) is 38.6 Å². The van der Waals surface area contributed by atoms with Gasteiger partial charge in [0.05, 0.1) is 18.0 Å². The molecule has 0 aliphatic heterocycles. The molecule has 0 spiro atoms. The Bertz CT molecular complexity index is 640. The van der Waals surface area contributed by atoms with Gasteiger partial charge in [-0.05, 0) is 37.3 Å². The minimum Gasteiger partial charge on any atom is -0.338 e. The van der Waals surface area contributed by atoms with Gasteiger partial charge in [0.2, 0.25) is 10.0 Å². The van der Waals surface area contributed by atoms with E-state index in [4.69, 9.17) is 0 Å². The van der Waals surface area contributed by atoms with Crippen molar-refractivity contribution in [3.63, 3.8) is 0 Å². The molecule has 0 saturated heterocycles. The van der Waals surface area contributed by atoms with Crippen LogP contribution in [0, 0.1) is 5.92 Å². The van der Waals surface area contributed by atoms with E-state index in [9.17, 15) is 13.2 Å². The van der Waals surface area contributed by atoms with Crippen LogP contribution in [0.15, 0.2) is 24.3 Å². The Morgan fingerprint density at radius 3 is 2.57 bits per heavy atom. The molecule has 1 aliphatic carbocycles. The molecule has 128 valence electrons. The SMILES string of the molecule is C[C@H](NC(=O)NCC1CCCC1)c1ccccc1NS(C)(=O)=O. The second-order valence-electron chi connectivity index (χ2n) is 6.19. The molecule has 1 fully saturated rings. The summed E-state index contributed by atoms with van der Waals surface area (Å²) in [6.07, 6.45) is 5.95. The molecule has 6 nitrogen and oxygen atoms in total. The van der Waals surface area contributed by atoms with Crippen molar-refractivity contribution in [1.82, 2.24) is 10.6 Å². The largest absolute Gasteiger partial charge is 0.338 e. The summed E-state index contributed by atoms with van der Waals surface area (Å²) in [5, 5.41) is 5.77. The lowest BCUT2D eigenvalue weighted by molar-refractivity contribution is 0.236. The molecule has 0 heterocycles. The normalized spacial score (nSPS) is 16.8. The maximum Gasteiger partial charge on any atom is 0.315 e. The number of sulfonamides is 1. The highest BCUT2D eigenvalue weighted by atomic mass is 32.2. The van der Waals surface area contributed by atoms with Gasteiger partial charge in [-0.2, -0.15) is 0 Å². The van der Waals surface area contributed by atoms with Gasteiger partial charge in [0.15, 0.2) is 0 Å². The number of benzene rings is 1. The smallest absolute Gasteiger partial charge is 0.315 e. The first-order valence-electron chi connectivity index (χ1n) is 7.96. The zero-order valence-electron chi connectivity index (χ0n) is 13.6. The van der Waals surface area contributed by atoms with Crippen LogP contribution in [0.5, 0.6) is 0 Å². The lowest BCUT2D eigenvalue weighted by atomic mass is 10.1. The number of hydrogen-bond acceptors (Lipinski definition) is 3. The zero-order chi connectivity index (χ0) is 16.9. The van der Waals surface area contributed by atoms with Crippen LogP contribution in [0.25, 0.3) is 0 Å². The highest BCUT2D eigenvalue weighted by molar-refractivity contribution is 7.92. The van der Waals surface area contributed by atoms with Crippen LogP contribution in [-0.4, -0.2) is 27.2 Å². The van der Waals surface area contributed by atoms with E-state index < -0.39 is 10.0 Å². The van der Waals surface area contributed by atoms with Crippen LogP contribution in [-0.2, 0) is 10.0 Å². The summed E-state index contributed by atoms with van der Waals surface area (Å²) in [4.78, 5) is 12.0. The maximum atomic E-state index is 12.0. The second-order valence-corrected chi connectivity index (χ2v) is 7.94. The molecule has 23 heavy (non-hydrogen) atoms. The lowest BCUT2D eigenvalue weighted by Gasteiger charge is -2.19. The summed E-state index contributed by atoms with van der Waals surface area (Å²) in [7, 11) is -3.36. The van der Waals surface area contributed by atoms with Gasteiger partial charge in [-0.3, -0.25) is 4.72 Å². The molecule has 7 heteroatoms. The Morgan fingerprint density at radius 2 is 1.91 bits per heavy atom. The van der Waals surface area contributed by atoms with Crippen molar-refractivity contribution in [3.8, 4) is 0 Å². The Kier molecular flexibility index (Phi) is 5.87. The average Bonchev–Trinajstić information content (AvgIpc) is 2.97. The van der Waals surface area contributed by atoms with Gasteiger partial charge < -0.3 is 10.6 Å². The lowest BCUT2D eigenvalue weighted by Crippen LogP contribution is -2.39. The average molecular weight is 339 g/mol. The third-order valence-electron chi connectivity index (χ3n) is 4.10. The van der Waals surface area contributed by atoms with Gasteiger partial charge in [-0.25, -0.2) is 13.2 Å². The summed E-state index contributed by atoms with van der Waals surface area (Å²) in [5.74, 6) is 0.579. The fourth-order valence-corrected chi connectivity index (χ4v) is 3.53. The molecule has 1 aliphatic rings. The van der Waals surface area contributed by atoms with Crippen molar-refractivity contribution in [2.75, 3.05) is 17.5 Å². The summed E-state index contributed by atoms with van der Waals surface area (Å²) in [5.41, 5.74) is 1.22. The van der Waals surface area contributed by atoms with Crippen molar-refractivity contribution in [1.29, 1.82) is 0 Å². The minimum atomic E-state index is -3.36. The first-order valence-corrected chi connectivity index (χ1v) is 9.85. The molecular formula is C16H25N3O3S. The van der Waals surface area contributed by atoms with E-state index in [0.29, 0.717) is 18.2 Å². The van der Waals surface area contributed by atoms with Crippen LogP contribution in [0.2, 0.25) is 0 Å². The molecule has 0 radical (unpaired) electrons. The Labute approximate surface area is 138 Å². The third kappa shape index (κ3) is 5.74. The van der Waals surface area contributed by atoms with Gasteiger partial charge in [-0.15, -0.1) is 0 Å². The molecule has 2 rings (SSSR count). The number of carbonyl (C=O) groups excluding carboxylic acids is 1. The Hall–Kier alpha value is -1.76. The van der Waals surface area contributed by atoms with Crippen LogP contribution < -0.4 is 15.4 Å². The summed E-state index contributed by atoms with van der Waals surface area (Å²) < 4.78 is 25.4. The molecule has 0 aromatic heterocycles. The zero-order valence-corrected chi connectivity index (χ0v) is 14.4. The Balaban J connectivity index is 1.94.